The highest BCUT2D eigenvalue weighted by Gasteiger charge is 1.78. The molecule has 0 saturated heterocycles. The van der Waals surface area contributed by atoms with E-state index >= 15 is 0 Å². The van der Waals surface area contributed by atoms with Crippen LogP contribution in [-0.2, 0) is 0 Å². The van der Waals surface area contributed by atoms with Crippen LogP contribution in [0.4, 0.5) is 0 Å². The maximum atomic E-state index is 5.47. The molecule has 0 aliphatic carbocycles. The molecule has 0 atom stereocenters. The van der Waals surface area contributed by atoms with E-state index in [2.05, 4.69) is 6.92 Å². The fourth-order valence-electron chi connectivity index (χ4n) is 0.603. The lowest BCUT2D eigenvalue weighted by molar-refractivity contribution is 0.776. The average molecular weight is 225 g/mol. The molecule has 1 aromatic rings. The molecular formula is C9H14Cl2S. The second-order valence-corrected chi connectivity index (χ2v) is 4.27. The smallest absolute Gasteiger partial charge is 0.0928 e. The van der Waals surface area contributed by atoms with Gasteiger partial charge in [-0.05, 0) is 23.9 Å². The summed E-state index contributed by atoms with van der Waals surface area (Å²) in [6, 6.07) is 3.79. The van der Waals surface area contributed by atoms with E-state index in [1.807, 2.05) is 17.5 Å². The predicted octanol–water partition coefficient (Wildman–Crippen LogP) is 4.82. The number of thiophene rings is 1. The lowest BCUT2D eigenvalue weighted by Crippen LogP contribution is -1.70. The third-order valence-corrected chi connectivity index (χ3v) is 2.54. The maximum absolute atomic E-state index is 5.47. The molecule has 0 saturated carbocycles. The van der Waals surface area contributed by atoms with Gasteiger partial charge in [-0.1, -0.05) is 31.4 Å². The van der Waals surface area contributed by atoms with Crippen molar-refractivity contribution in [3.8, 4) is 0 Å². The maximum Gasteiger partial charge on any atom is 0.0928 e. The van der Waals surface area contributed by atoms with Crippen LogP contribution in [0.25, 0.3) is 0 Å². The van der Waals surface area contributed by atoms with Crippen LogP contribution < -0.4 is 0 Å². The monoisotopic (exact) mass is 224 g/mol. The minimum Gasteiger partial charge on any atom is -0.132 e. The number of alkyl halides is 1. The van der Waals surface area contributed by atoms with Gasteiger partial charge < -0.3 is 0 Å². The van der Waals surface area contributed by atoms with E-state index in [-0.39, 0.29) is 0 Å². The first kappa shape index (κ1) is 12.3. The quantitative estimate of drug-likeness (QED) is 0.511. The number of halogens is 2. The second-order valence-electron chi connectivity index (χ2n) is 2.31. The van der Waals surface area contributed by atoms with Crippen LogP contribution in [-0.4, -0.2) is 5.88 Å². The first-order valence-electron chi connectivity index (χ1n) is 4.06. The minimum atomic E-state index is 0.827. The van der Waals surface area contributed by atoms with Crippen LogP contribution >= 0.6 is 34.5 Å². The van der Waals surface area contributed by atoms with Crippen molar-refractivity contribution in [2.75, 3.05) is 5.88 Å². The molecule has 70 valence electrons. The highest BCUT2D eigenvalue weighted by atomic mass is 35.5. The summed E-state index contributed by atoms with van der Waals surface area (Å²) >= 11 is 12.4. The minimum absolute atomic E-state index is 0.827. The fourth-order valence-corrected chi connectivity index (χ4v) is 1.46. The van der Waals surface area contributed by atoms with Crippen LogP contribution in [0.3, 0.4) is 0 Å². The molecule has 0 aromatic carbocycles. The molecule has 1 heterocycles. The van der Waals surface area contributed by atoms with Gasteiger partial charge in [0.2, 0.25) is 0 Å². The van der Waals surface area contributed by atoms with Gasteiger partial charge in [0, 0.05) is 5.88 Å². The Morgan fingerprint density at radius 3 is 2.33 bits per heavy atom. The molecule has 0 aliphatic rings. The molecular weight excluding hydrogens is 211 g/mol. The zero-order chi connectivity index (χ0) is 9.23. The summed E-state index contributed by atoms with van der Waals surface area (Å²) in [6.45, 7) is 2.17. The van der Waals surface area contributed by atoms with Crippen LogP contribution in [0.5, 0.6) is 0 Å². The van der Waals surface area contributed by atoms with E-state index in [0.717, 1.165) is 10.2 Å². The van der Waals surface area contributed by atoms with Crippen molar-refractivity contribution in [1.82, 2.24) is 0 Å². The van der Waals surface area contributed by atoms with Crippen molar-refractivity contribution in [3.63, 3.8) is 0 Å². The van der Waals surface area contributed by atoms with Crippen molar-refractivity contribution >= 4 is 34.5 Å². The summed E-state index contributed by atoms with van der Waals surface area (Å²) in [4.78, 5) is 0. The zero-order valence-electron chi connectivity index (χ0n) is 7.22. The Morgan fingerprint density at radius 1 is 1.42 bits per heavy atom. The highest BCUT2D eigenvalue weighted by Crippen LogP contribution is 2.13. The Hall–Kier alpha value is 0.280. The molecule has 1 rings (SSSR count). The molecule has 1 aromatic heterocycles. The van der Waals surface area contributed by atoms with E-state index in [1.54, 1.807) is 11.3 Å². The lowest BCUT2D eigenvalue weighted by atomic mass is 10.3. The van der Waals surface area contributed by atoms with Crippen molar-refractivity contribution in [3.05, 3.63) is 21.8 Å². The van der Waals surface area contributed by atoms with Crippen molar-refractivity contribution in [2.24, 2.45) is 0 Å². The normalized spacial score (nSPS) is 8.92. The van der Waals surface area contributed by atoms with Gasteiger partial charge in [-0.2, -0.15) is 0 Å². The van der Waals surface area contributed by atoms with E-state index < -0.39 is 0 Å². The third kappa shape index (κ3) is 8.38. The van der Waals surface area contributed by atoms with Gasteiger partial charge in [0.05, 0.1) is 4.34 Å². The Kier molecular flexibility index (Phi) is 9.59. The van der Waals surface area contributed by atoms with Crippen molar-refractivity contribution in [2.45, 2.75) is 26.2 Å². The topological polar surface area (TPSA) is 0 Å². The summed E-state index contributed by atoms with van der Waals surface area (Å²) in [5.41, 5.74) is 0. The summed E-state index contributed by atoms with van der Waals surface area (Å²) in [7, 11) is 0. The Balaban J connectivity index is 0.000000202. The summed E-state index contributed by atoms with van der Waals surface area (Å²) in [5.74, 6) is 0.827. The fraction of sp³-hybridized carbons (Fsp3) is 0.556. The number of hydrogen-bond donors (Lipinski definition) is 0. The number of hydrogen-bond acceptors (Lipinski definition) is 1. The summed E-state index contributed by atoms with van der Waals surface area (Å²) < 4.78 is 0.856. The second kappa shape index (κ2) is 9.37. The van der Waals surface area contributed by atoms with Crippen LogP contribution in [0.15, 0.2) is 17.5 Å². The largest absolute Gasteiger partial charge is 0.132 e. The van der Waals surface area contributed by atoms with E-state index in [4.69, 9.17) is 23.2 Å². The standard InChI is InChI=1S/C5H11Cl.C4H3ClS/c1-2-3-4-5-6;5-4-2-1-3-6-4/h2-5H2,1H3;1-3H. The molecule has 0 aliphatic heterocycles. The molecule has 0 bridgehead atoms. The number of rotatable bonds is 3. The van der Waals surface area contributed by atoms with Crippen LogP contribution in [0.1, 0.15) is 26.2 Å². The van der Waals surface area contributed by atoms with Gasteiger partial charge in [-0.25, -0.2) is 0 Å². The first-order chi connectivity index (χ1) is 5.81. The first-order valence-corrected chi connectivity index (χ1v) is 5.85. The predicted molar refractivity (Wildman–Crippen MR) is 59.6 cm³/mol. The van der Waals surface area contributed by atoms with E-state index in [9.17, 15) is 0 Å². The Bertz CT molecular complexity index is 157. The van der Waals surface area contributed by atoms with Gasteiger partial charge >= 0.3 is 0 Å². The van der Waals surface area contributed by atoms with E-state index in [1.165, 1.54) is 19.3 Å². The molecule has 0 spiro atoms. The lowest BCUT2D eigenvalue weighted by Gasteiger charge is -1.84. The van der Waals surface area contributed by atoms with Gasteiger partial charge in [0.25, 0.3) is 0 Å². The molecule has 0 fully saturated rings. The third-order valence-electron chi connectivity index (χ3n) is 1.22. The molecule has 3 heteroatoms. The highest BCUT2D eigenvalue weighted by molar-refractivity contribution is 7.14. The molecule has 0 nitrogen and oxygen atoms in total. The van der Waals surface area contributed by atoms with Gasteiger partial charge in [0.15, 0.2) is 0 Å². The van der Waals surface area contributed by atoms with Gasteiger partial charge in [0.1, 0.15) is 0 Å². The molecule has 0 amide bonds. The molecule has 0 unspecified atom stereocenters. The van der Waals surface area contributed by atoms with Crippen LogP contribution in [0.2, 0.25) is 4.34 Å². The summed E-state index contributed by atoms with van der Waals surface area (Å²) in [6.07, 6.45) is 3.73. The molecule has 0 radical (unpaired) electrons. The van der Waals surface area contributed by atoms with Gasteiger partial charge in [-0.3, -0.25) is 0 Å². The van der Waals surface area contributed by atoms with Crippen LogP contribution in [0, 0.1) is 0 Å². The van der Waals surface area contributed by atoms with Gasteiger partial charge in [-0.15, -0.1) is 22.9 Å². The zero-order valence-corrected chi connectivity index (χ0v) is 9.55. The molecule has 12 heavy (non-hydrogen) atoms. The Labute approximate surface area is 88.5 Å². The van der Waals surface area contributed by atoms with Crippen molar-refractivity contribution in [1.29, 1.82) is 0 Å². The number of unbranched alkanes of at least 4 members (excludes halogenated alkanes) is 2. The average Bonchev–Trinajstić information content (AvgIpc) is 2.53. The molecule has 0 N–H and O–H groups in total. The Morgan fingerprint density at radius 2 is 2.17 bits per heavy atom. The SMILES string of the molecule is CCCCCCl.Clc1cccs1. The van der Waals surface area contributed by atoms with Crippen molar-refractivity contribution < 1.29 is 0 Å². The van der Waals surface area contributed by atoms with E-state index in [0.29, 0.717) is 0 Å². The summed E-state index contributed by atoms with van der Waals surface area (Å²) in [5, 5.41) is 1.95.